The van der Waals surface area contributed by atoms with Crippen molar-refractivity contribution in [3.63, 3.8) is 0 Å². The van der Waals surface area contributed by atoms with Gasteiger partial charge in [-0.25, -0.2) is 0 Å². The summed E-state index contributed by atoms with van der Waals surface area (Å²) in [7, 11) is 0. The smallest absolute Gasteiger partial charge is 0.129 e. The molecule has 2 N–H and O–H groups in total. The molecule has 8 heavy (non-hydrogen) atoms. The fourth-order valence-corrected chi connectivity index (χ4v) is 0.426. The van der Waals surface area contributed by atoms with Crippen molar-refractivity contribution >= 4 is 5.78 Å². The van der Waals surface area contributed by atoms with Crippen LogP contribution < -0.4 is 0 Å². The van der Waals surface area contributed by atoms with Crippen molar-refractivity contribution < 1.29 is 10.3 Å². The van der Waals surface area contributed by atoms with Gasteiger partial charge in [-0.1, -0.05) is 13.3 Å². The molecular formula is C6H14O2. The summed E-state index contributed by atoms with van der Waals surface area (Å²) < 4.78 is 0. The first-order valence-corrected chi connectivity index (χ1v) is 2.76. The molecule has 0 heterocycles. The van der Waals surface area contributed by atoms with Crippen LogP contribution in [0.1, 0.15) is 33.1 Å². The highest BCUT2D eigenvalue weighted by Gasteiger charge is 1.87. The molecule has 2 heteroatoms. The zero-order chi connectivity index (χ0) is 5.70. The molecule has 0 aliphatic heterocycles. The van der Waals surface area contributed by atoms with E-state index in [-0.39, 0.29) is 5.48 Å². The molecule has 0 aliphatic rings. The number of rotatable bonds is 3. The van der Waals surface area contributed by atoms with Crippen LogP contribution in [-0.2, 0) is 4.79 Å². The molecule has 0 saturated heterocycles. The molecule has 0 aromatic rings. The molecule has 0 fully saturated rings. The van der Waals surface area contributed by atoms with Crippen molar-refractivity contribution in [1.82, 2.24) is 0 Å². The van der Waals surface area contributed by atoms with Crippen LogP contribution in [0.4, 0.5) is 0 Å². The maximum absolute atomic E-state index is 10.2. The highest BCUT2D eigenvalue weighted by Crippen LogP contribution is 1.92. The summed E-state index contributed by atoms with van der Waals surface area (Å²) in [5.41, 5.74) is 0. The maximum atomic E-state index is 10.2. The number of hydrogen-bond donors (Lipinski definition) is 0. The highest BCUT2D eigenvalue weighted by atomic mass is 16.1. The minimum absolute atomic E-state index is 0. The van der Waals surface area contributed by atoms with Gasteiger partial charge in [0, 0.05) is 6.42 Å². The Labute approximate surface area is 50.2 Å². The monoisotopic (exact) mass is 118 g/mol. The van der Waals surface area contributed by atoms with Crippen LogP contribution in [0.15, 0.2) is 0 Å². The van der Waals surface area contributed by atoms with Crippen molar-refractivity contribution in [3.8, 4) is 0 Å². The maximum Gasteiger partial charge on any atom is 0.129 e. The normalized spacial score (nSPS) is 7.75. The van der Waals surface area contributed by atoms with Gasteiger partial charge in [-0.15, -0.1) is 0 Å². The van der Waals surface area contributed by atoms with Gasteiger partial charge in [-0.05, 0) is 13.3 Å². The summed E-state index contributed by atoms with van der Waals surface area (Å²) in [5, 5.41) is 0. The first-order valence-electron chi connectivity index (χ1n) is 2.76. The van der Waals surface area contributed by atoms with E-state index in [9.17, 15) is 4.79 Å². The van der Waals surface area contributed by atoms with E-state index in [0.29, 0.717) is 5.78 Å². The minimum atomic E-state index is 0. The van der Waals surface area contributed by atoms with E-state index in [1.165, 1.54) is 0 Å². The van der Waals surface area contributed by atoms with Crippen LogP contribution in [0.25, 0.3) is 0 Å². The molecule has 0 aromatic carbocycles. The Balaban J connectivity index is 0. The molecule has 0 rings (SSSR count). The third-order valence-electron chi connectivity index (χ3n) is 0.882. The molecule has 0 amide bonds. The van der Waals surface area contributed by atoms with Crippen molar-refractivity contribution in [2.75, 3.05) is 0 Å². The summed E-state index contributed by atoms with van der Waals surface area (Å²) in [6, 6.07) is 0. The number of hydrogen-bond acceptors (Lipinski definition) is 1. The summed E-state index contributed by atoms with van der Waals surface area (Å²) in [4.78, 5) is 10.2. The van der Waals surface area contributed by atoms with Crippen molar-refractivity contribution in [2.45, 2.75) is 33.1 Å². The predicted molar refractivity (Wildman–Crippen MR) is 33.8 cm³/mol. The molecule has 50 valence electrons. The first-order chi connectivity index (χ1) is 3.27. The largest absolute Gasteiger partial charge is 0.412 e. The third-order valence-corrected chi connectivity index (χ3v) is 0.882. The van der Waals surface area contributed by atoms with Gasteiger partial charge in [0.15, 0.2) is 0 Å². The SMILES string of the molecule is CCCCC(C)=O.O. The van der Waals surface area contributed by atoms with Gasteiger partial charge in [0.2, 0.25) is 0 Å². The average Bonchev–Trinajstić information content (AvgIpc) is 1.61. The molecule has 0 radical (unpaired) electrons. The molecule has 0 unspecified atom stereocenters. The van der Waals surface area contributed by atoms with E-state index in [4.69, 9.17) is 0 Å². The number of ketones is 1. The molecule has 0 aromatic heterocycles. The Kier molecular flexibility index (Phi) is 8.77. The predicted octanol–water partition coefficient (Wildman–Crippen LogP) is 0.941. The van der Waals surface area contributed by atoms with E-state index in [0.717, 1.165) is 19.3 Å². The molecule has 0 aliphatic carbocycles. The summed E-state index contributed by atoms with van der Waals surface area (Å²) >= 11 is 0. The van der Waals surface area contributed by atoms with Crippen molar-refractivity contribution in [1.29, 1.82) is 0 Å². The van der Waals surface area contributed by atoms with Gasteiger partial charge in [0.1, 0.15) is 5.78 Å². The van der Waals surface area contributed by atoms with E-state index in [2.05, 4.69) is 6.92 Å². The van der Waals surface area contributed by atoms with E-state index < -0.39 is 0 Å². The Bertz CT molecular complexity index is 59.5. The second-order valence-electron chi connectivity index (χ2n) is 1.81. The number of unbranched alkanes of at least 4 members (excludes halogenated alkanes) is 1. The molecule has 0 spiro atoms. The Morgan fingerprint density at radius 1 is 1.50 bits per heavy atom. The Morgan fingerprint density at radius 3 is 2.12 bits per heavy atom. The lowest BCUT2D eigenvalue weighted by atomic mass is 10.2. The fraction of sp³-hybridized carbons (Fsp3) is 0.833. The van der Waals surface area contributed by atoms with Crippen LogP contribution in [-0.4, -0.2) is 11.3 Å². The number of Topliss-reactive ketones (excluding diaryl/α,β-unsaturated/α-hetero) is 1. The van der Waals surface area contributed by atoms with Crippen molar-refractivity contribution in [2.24, 2.45) is 0 Å². The topological polar surface area (TPSA) is 48.6 Å². The van der Waals surface area contributed by atoms with Gasteiger partial charge in [-0.3, -0.25) is 0 Å². The summed E-state index contributed by atoms with van der Waals surface area (Å²) in [6.45, 7) is 3.72. The average molecular weight is 118 g/mol. The van der Waals surface area contributed by atoms with E-state index >= 15 is 0 Å². The zero-order valence-corrected chi connectivity index (χ0v) is 5.53. The van der Waals surface area contributed by atoms with Gasteiger partial charge in [0.05, 0.1) is 0 Å². The lowest BCUT2D eigenvalue weighted by Gasteiger charge is -1.86. The molecule has 0 bridgehead atoms. The molecule has 0 saturated carbocycles. The lowest BCUT2D eigenvalue weighted by Crippen LogP contribution is -1.86. The van der Waals surface area contributed by atoms with E-state index in [1.54, 1.807) is 6.92 Å². The molecule has 2 nitrogen and oxygen atoms in total. The van der Waals surface area contributed by atoms with Crippen LogP contribution >= 0.6 is 0 Å². The fourth-order valence-electron chi connectivity index (χ4n) is 0.426. The van der Waals surface area contributed by atoms with Gasteiger partial charge in [-0.2, -0.15) is 0 Å². The van der Waals surface area contributed by atoms with Crippen molar-refractivity contribution in [3.05, 3.63) is 0 Å². The minimum Gasteiger partial charge on any atom is -0.412 e. The van der Waals surface area contributed by atoms with Gasteiger partial charge < -0.3 is 10.3 Å². The molecular weight excluding hydrogens is 104 g/mol. The third kappa shape index (κ3) is 9.16. The Hall–Kier alpha value is -0.370. The molecule has 0 atom stereocenters. The highest BCUT2D eigenvalue weighted by molar-refractivity contribution is 5.75. The summed E-state index contributed by atoms with van der Waals surface area (Å²) in [5.74, 6) is 0.307. The number of carbonyl (C=O) groups excluding carboxylic acids is 1. The van der Waals surface area contributed by atoms with E-state index in [1.807, 2.05) is 0 Å². The second-order valence-corrected chi connectivity index (χ2v) is 1.81. The number of carbonyl (C=O) groups is 1. The quantitative estimate of drug-likeness (QED) is 0.544. The summed E-state index contributed by atoms with van der Waals surface area (Å²) in [6.07, 6.45) is 2.94. The van der Waals surface area contributed by atoms with Gasteiger partial charge >= 0.3 is 0 Å². The first kappa shape index (κ1) is 10.6. The van der Waals surface area contributed by atoms with Gasteiger partial charge in [0.25, 0.3) is 0 Å². The lowest BCUT2D eigenvalue weighted by molar-refractivity contribution is -0.117. The zero-order valence-electron chi connectivity index (χ0n) is 5.53. The Morgan fingerprint density at radius 2 is 2.00 bits per heavy atom. The van der Waals surface area contributed by atoms with Crippen LogP contribution in [0.3, 0.4) is 0 Å². The van der Waals surface area contributed by atoms with Crippen LogP contribution in [0.5, 0.6) is 0 Å². The van der Waals surface area contributed by atoms with Crippen LogP contribution in [0, 0.1) is 0 Å². The van der Waals surface area contributed by atoms with Crippen LogP contribution in [0.2, 0.25) is 0 Å². The standard InChI is InChI=1S/C6H12O.H2O/c1-3-4-5-6(2)7;/h3-5H2,1-2H3;1H2. The second kappa shape index (κ2) is 6.63.